The summed E-state index contributed by atoms with van der Waals surface area (Å²) in [6, 6.07) is 6.38. The Morgan fingerprint density at radius 2 is 2.14 bits per heavy atom. The summed E-state index contributed by atoms with van der Waals surface area (Å²) >= 11 is 0. The lowest BCUT2D eigenvalue weighted by Crippen LogP contribution is -2.40. The van der Waals surface area contributed by atoms with Crippen LogP contribution in [0.2, 0.25) is 0 Å². The molecule has 0 aromatic heterocycles. The number of nitrogens with two attached hydrogens (primary N) is 1. The molecule has 0 bridgehead atoms. The van der Waals surface area contributed by atoms with Crippen LogP contribution in [-0.4, -0.2) is 18.5 Å². The van der Waals surface area contributed by atoms with Gasteiger partial charge in [0.25, 0.3) is 0 Å². The van der Waals surface area contributed by atoms with Gasteiger partial charge in [0.1, 0.15) is 0 Å². The predicted octanol–water partition coefficient (Wildman–Crippen LogP) is 2.36. The average Bonchev–Trinajstić information content (AvgIpc) is 2.46. The molecular weight excluding hydrogens is 278 g/mol. The zero-order chi connectivity index (χ0) is 16.1. The Bertz CT molecular complexity index is 555. The van der Waals surface area contributed by atoms with Gasteiger partial charge in [0.2, 0.25) is 5.91 Å². The number of hydrogen-bond donors (Lipinski definition) is 3. The van der Waals surface area contributed by atoms with E-state index in [0.29, 0.717) is 5.92 Å². The fourth-order valence-electron chi connectivity index (χ4n) is 2.84. The SMILES string of the molecule is CC(C)c1ccc2c(c1)[C@H](NC(=O)NCCC(N)=O)CCC2. The maximum Gasteiger partial charge on any atom is 0.315 e. The van der Waals surface area contributed by atoms with Crippen molar-refractivity contribution in [3.8, 4) is 0 Å². The van der Waals surface area contributed by atoms with Gasteiger partial charge in [0.05, 0.1) is 6.04 Å². The van der Waals surface area contributed by atoms with E-state index in [1.807, 2.05) is 0 Å². The number of aryl methyl sites for hydroxylation is 1. The number of hydrogen-bond acceptors (Lipinski definition) is 2. The van der Waals surface area contributed by atoms with Gasteiger partial charge in [-0.3, -0.25) is 4.79 Å². The van der Waals surface area contributed by atoms with E-state index < -0.39 is 5.91 Å². The molecule has 0 radical (unpaired) electrons. The highest BCUT2D eigenvalue weighted by atomic mass is 16.2. The summed E-state index contributed by atoms with van der Waals surface area (Å²) in [5.74, 6) is 0.0576. The minimum Gasteiger partial charge on any atom is -0.370 e. The topological polar surface area (TPSA) is 84.2 Å². The maximum absolute atomic E-state index is 11.9. The smallest absolute Gasteiger partial charge is 0.315 e. The molecular formula is C17H25N3O2. The molecule has 3 amide bonds. The highest BCUT2D eigenvalue weighted by Gasteiger charge is 2.22. The average molecular weight is 303 g/mol. The Morgan fingerprint density at radius 1 is 1.36 bits per heavy atom. The summed E-state index contributed by atoms with van der Waals surface area (Å²) in [6.45, 7) is 4.61. The normalized spacial score (nSPS) is 17.0. The largest absolute Gasteiger partial charge is 0.370 e. The molecule has 0 spiro atoms. The monoisotopic (exact) mass is 303 g/mol. The van der Waals surface area contributed by atoms with Crippen LogP contribution in [-0.2, 0) is 11.2 Å². The zero-order valence-corrected chi connectivity index (χ0v) is 13.3. The number of carbonyl (C=O) groups excluding carboxylic acids is 2. The number of primary amides is 1. The molecule has 22 heavy (non-hydrogen) atoms. The zero-order valence-electron chi connectivity index (χ0n) is 13.3. The Balaban J connectivity index is 2.03. The second-order valence-electron chi connectivity index (χ2n) is 6.17. The molecule has 0 heterocycles. The lowest BCUT2D eigenvalue weighted by Gasteiger charge is -2.27. The molecule has 120 valence electrons. The van der Waals surface area contributed by atoms with Crippen LogP contribution >= 0.6 is 0 Å². The van der Waals surface area contributed by atoms with Crippen LogP contribution < -0.4 is 16.4 Å². The minimum atomic E-state index is -0.412. The standard InChI is InChI=1S/C17H25N3O2/c1-11(2)13-7-6-12-4-3-5-15(14(12)10-13)20-17(22)19-9-8-16(18)21/h6-7,10-11,15H,3-5,8-9H2,1-2H3,(H2,18,21)(H2,19,20,22)/t15-/m1/s1. The van der Waals surface area contributed by atoms with E-state index in [1.54, 1.807) is 0 Å². The van der Waals surface area contributed by atoms with Crippen molar-refractivity contribution in [2.75, 3.05) is 6.54 Å². The van der Waals surface area contributed by atoms with Crippen molar-refractivity contribution in [1.82, 2.24) is 10.6 Å². The Morgan fingerprint density at radius 3 is 2.82 bits per heavy atom. The van der Waals surface area contributed by atoms with Crippen molar-refractivity contribution in [3.63, 3.8) is 0 Å². The third-order valence-electron chi connectivity index (χ3n) is 4.11. The number of fused-ring (bicyclic) bond motifs is 1. The molecule has 0 unspecified atom stereocenters. The number of urea groups is 1. The maximum atomic E-state index is 11.9. The highest BCUT2D eigenvalue weighted by Crippen LogP contribution is 2.32. The van der Waals surface area contributed by atoms with E-state index in [0.717, 1.165) is 19.3 Å². The van der Waals surface area contributed by atoms with Gasteiger partial charge in [-0.2, -0.15) is 0 Å². The third kappa shape index (κ3) is 4.23. The van der Waals surface area contributed by atoms with Gasteiger partial charge in [-0.05, 0) is 41.9 Å². The van der Waals surface area contributed by atoms with E-state index in [2.05, 4.69) is 42.7 Å². The summed E-state index contributed by atoms with van der Waals surface area (Å²) in [5, 5.41) is 5.69. The van der Waals surface area contributed by atoms with Gasteiger partial charge in [0.15, 0.2) is 0 Å². The van der Waals surface area contributed by atoms with Gasteiger partial charge in [-0.1, -0.05) is 32.0 Å². The van der Waals surface area contributed by atoms with E-state index in [1.165, 1.54) is 16.7 Å². The van der Waals surface area contributed by atoms with Crippen LogP contribution in [0.1, 0.15) is 61.8 Å². The molecule has 1 aromatic rings. The molecule has 5 nitrogen and oxygen atoms in total. The molecule has 5 heteroatoms. The molecule has 0 aliphatic heterocycles. The molecule has 1 aliphatic carbocycles. The summed E-state index contributed by atoms with van der Waals surface area (Å²) in [6.07, 6.45) is 3.24. The van der Waals surface area contributed by atoms with Crippen molar-refractivity contribution in [3.05, 3.63) is 34.9 Å². The molecule has 0 saturated heterocycles. The Hall–Kier alpha value is -2.04. The third-order valence-corrected chi connectivity index (χ3v) is 4.11. The highest BCUT2D eigenvalue weighted by molar-refractivity contribution is 5.77. The van der Waals surface area contributed by atoms with Gasteiger partial charge >= 0.3 is 6.03 Å². The molecule has 1 aliphatic rings. The summed E-state index contributed by atoms with van der Waals surface area (Å²) in [7, 11) is 0. The summed E-state index contributed by atoms with van der Waals surface area (Å²) < 4.78 is 0. The first-order chi connectivity index (χ1) is 10.5. The van der Waals surface area contributed by atoms with Crippen molar-refractivity contribution < 1.29 is 9.59 Å². The number of amides is 3. The fraction of sp³-hybridized carbons (Fsp3) is 0.529. The van der Waals surface area contributed by atoms with Gasteiger partial charge < -0.3 is 16.4 Å². The Labute approximate surface area is 131 Å². The quantitative estimate of drug-likeness (QED) is 0.780. The molecule has 2 rings (SSSR count). The van der Waals surface area contributed by atoms with Crippen LogP contribution in [0.15, 0.2) is 18.2 Å². The van der Waals surface area contributed by atoms with Gasteiger partial charge in [-0.25, -0.2) is 4.79 Å². The van der Waals surface area contributed by atoms with Gasteiger partial charge in [0, 0.05) is 13.0 Å². The number of nitrogens with one attached hydrogen (secondary N) is 2. The lowest BCUT2D eigenvalue weighted by atomic mass is 9.85. The number of carbonyl (C=O) groups is 2. The van der Waals surface area contributed by atoms with Crippen molar-refractivity contribution in [2.45, 2.75) is 51.5 Å². The summed E-state index contributed by atoms with van der Waals surface area (Å²) in [5.41, 5.74) is 8.90. The second-order valence-corrected chi connectivity index (χ2v) is 6.17. The van der Waals surface area contributed by atoms with Crippen molar-refractivity contribution >= 4 is 11.9 Å². The fourth-order valence-corrected chi connectivity index (χ4v) is 2.84. The van der Waals surface area contributed by atoms with Crippen molar-refractivity contribution in [2.24, 2.45) is 5.73 Å². The molecule has 0 saturated carbocycles. The molecule has 1 aromatic carbocycles. The van der Waals surface area contributed by atoms with E-state index in [4.69, 9.17) is 5.73 Å². The minimum absolute atomic E-state index is 0.0380. The van der Waals surface area contributed by atoms with Crippen LogP contribution in [0, 0.1) is 0 Å². The molecule has 1 atom stereocenters. The van der Waals surface area contributed by atoms with Crippen molar-refractivity contribution in [1.29, 1.82) is 0 Å². The second kappa shape index (κ2) is 7.29. The lowest BCUT2D eigenvalue weighted by molar-refractivity contribution is -0.117. The van der Waals surface area contributed by atoms with E-state index >= 15 is 0 Å². The predicted molar refractivity (Wildman–Crippen MR) is 86.6 cm³/mol. The molecule has 0 fully saturated rings. The van der Waals surface area contributed by atoms with E-state index in [9.17, 15) is 9.59 Å². The van der Waals surface area contributed by atoms with Crippen LogP contribution in [0.5, 0.6) is 0 Å². The first-order valence-corrected chi connectivity index (χ1v) is 7.92. The first-order valence-electron chi connectivity index (χ1n) is 7.92. The first kappa shape index (κ1) is 16.3. The van der Waals surface area contributed by atoms with Crippen LogP contribution in [0.3, 0.4) is 0 Å². The summed E-state index contributed by atoms with van der Waals surface area (Å²) in [4.78, 5) is 22.6. The van der Waals surface area contributed by atoms with E-state index in [-0.39, 0.29) is 25.0 Å². The number of benzene rings is 1. The van der Waals surface area contributed by atoms with Crippen LogP contribution in [0.25, 0.3) is 0 Å². The van der Waals surface area contributed by atoms with Gasteiger partial charge in [-0.15, -0.1) is 0 Å². The molecule has 4 N–H and O–H groups in total. The Kier molecular flexibility index (Phi) is 5.41. The van der Waals surface area contributed by atoms with Crippen LogP contribution in [0.4, 0.5) is 4.79 Å². The number of rotatable bonds is 5.